The number of carbonyl (C=O) groups is 7. The molecule has 7 atom stereocenters. The third-order valence-electron chi connectivity index (χ3n) is 13.0. The first kappa shape index (κ1) is 60.1. The number of carboxylic acids is 1. The van der Waals surface area contributed by atoms with Crippen LogP contribution >= 0.6 is 30.9 Å². The molecule has 0 aliphatic carbocycles. The smallest absolute Gasteiger partial charge is 0.481 e. The lowest BCUT2D eigenvalue weighted by atomic mass is 9.83. The number of phosphoric ester groups is 1. The number of carboxylic acid groups (broad SMARTS) is 1. The highest BCUT2D eigenvalue weighted by molar-refractivity contribution is 8.01. The van der Waals surface area contributed by atoms with Crippen LogP contribution in [0.25, 0.3) is 0 Å². The van der Waals surface area contributed by atoms with Gasteiger partial charge in [0.1, 0.15) is 16.5 Å². The molecule has 392 valence electrons. The van der Waals surface area contributed by atoms with Crippen molar-refractivity contribution in [1.82, 2.24) is 20.1 Å². The molecule has 0 spiro atoms. The number of amides is 3. The molecule has 3 amide bonds. The molecule has 0 bridgehead atoms. The number of benzene rings is 1. The lowest BCUT2D eigenvalue weighted by Gasteiger charge is -2.37. The molecule has 5 N–H and O–H groups in total. The number of esters is 1. The number of rotatable bonds is 29. The van der Waals surface area contributed by atoms with Crippen molar-refractivity contribution in [3.63, 3.8) is 0 Å². The van der Waals surface area contributed by atoms with Gasteiger partial charge in [-0.2, -0.15) is 0 Å². The van der Waals surface area contributed by atoms with E-state index in [4.69, 9.17) is 9.26 Å². The van der Waals surface area contributed by atoms with Crippen molar-refractivity contribution >= 4 is 77.8 Å². The van der Waals surface area contributed by atoms with Crippen molar-refractivity contribution in [3.8, 4) is 5.75 Å². The molecule has 18 nitrogen and oxygen atoms in total. The Kier molecular flexibility index (Phi) is 23.7. The first-order valence-corrected chi connectivity index (χ1v) is 27.5. The van der Waals surface area contributed by atoms with E-state index in [9.17, 15) is 53.0 Å². The minimum Gasteiger partial charge on any atom is -0.481 e. The maximum atomic E-state index is 14.4. The van der Waals surface area contributed by atoms with E-state index >= 15 is 0 Å². The lowest BCUT2D eigenvalue weighted by Crippen LogP contribution is -2.48. The molecule has 2 heterocycles. The van der Waals surface area contributed by atoms with Gasteiger partial charge in [-0.05, 0) is 75.2 Å². The molecule has 1 saturated heterocycles. The average Bonchev–Trinajstić information content (AvgIpc) is 3.78. The number of piperidine rings is 1. The summed E-state index contributed by atoms with van der Waals surface area (Å²) in [5.74, 6) is -4.54. The number of thioether (sulfide) groups is 1. The summed E-state index contributed by atoms with van der Waals surface area (Å²) in [5, 5.41) is 17.2. The van der Waals surface area contributed by atoms with E-state index in [1.54, 1.807) is 18.9 Å². The Morgan fingerprint density at radius 3 is 2.33 bits per heavy atom. The van der Waals surface area contributed by atoms with Crippen LogP contribution in [0, 0.1) is 23.7 Å². The monoisotopic (exact) mass is 1040 g/mol. The zero-order valence-electron chi connectivity index (χ0n) is 42.7. The number of hydrogen-bond donors (Lipinski definition) is 5. The van der Waals surface area contributed by atoms with Crippen molar-refractivity contribution in [2.24, 2.45) is 23.7 Å². The standard InChI is InChI=1S/C49H76N5O13PS2/c1-12-30(5)36(25-41(57)39-16-14-15-21-53(39)10)47(60)54(11)40(29(3)4)26-43(66-32(7)55)46-52-38(28-69-46)45(59)50-34(22-31(6)48(61)62)23-33-17-18-42(67-68(63,64)65)37(24-33)51-44(58)19-20-49(8,9)70-27-35(56)13-2/h17-18,24,28-31,34,36,39-40,43H,12-16,19-23,25-27H2,1-11H3,(H,50,59)(H,51,58)(H,61,62)(H2,63,64,65)/t30-,31?,34+,36-,39?,40+,43+/m0/s1. The fourth-order valence-electron chi connectivity index (χ4n) is 8.46. The van der Waals surface area contributed by atoms with Gasteiger partial charge < -0.3 is 29.9 Å². The molecule has 21 heteroatoms. The first-order valence-electron chi connectivity index (χ1n) is 24.1. The summed E-state index contributed by atoms with van der Waals surface area (Å²) in [4.78, 5) is 119. The molecule has 1 aliphatic rings. The van der Waals surface area contributed by atoms with E-state index in [0.29, 0.717) is 35.6 Å². The number of phosphoric acid groups is 1. The van der Waals surface area contributed by atoms with Crippen LogP contribution in [0.3, 0.4) is 0 Å². The Bertz CT molecular complexity index is 2180. The molecule has 0 saturated carbocycles. The number of aromatic nitrogens is 1. The number of aliphatic carboxylic acids is 1. The van der Waals surface area contributed by atoms with E-state index in [1.165, 1.54) is 49.2 Å². The average molecular weight is 1040 g/mol. The van der Waals surface area contributed by atoms with Gasteiger partial charge in [-0.15, -0.1) is 23.1 Å². The molecule has 1 aliphatic heterocycles. The summed E-state index contributed by atoms with van der Waals surface area (Å²) in [7, 11) is -1.42. The van der Waals surface area contributed by atoms with E-state index in [0.717, 1.165) is 37.1 Å². The number of likely N-dealkylation sites (tertiary alicyclic amines) is 1. The number of ether oxygens (including phenoxy) is 1. The second-order valence-corrected chi connectivity index (χ2v) is 23.3. The summed E-state index contributed by atoms with van der Waals surface area (Å²) in [6.07, 6.45) is 3.55. The fourth-order valence-corrected chi connectivity index (χ4v) is 10.7. The molecule has 2 aromatic rings. The predicted octanol–water partition coefficient (Wildman–Crippen LogP) is 7.86. The van der Waals surface area contributed by atoms with Crippen LogP contribution < -0.4 is 15.2 Å². The van der Waals surface area contributed by atoms with E-state index in [1.807, 2.05) is 48.6 Å². The molecule has 3 rings (SSSR count). The predicted molar refractivity (Wildman–Crippen MR) is 271 cm³/mol. The Labute approximate surface area is 421 Å². The van der Waals surface area contributed by atoms with Crippen molar-refractivity contribution in [1.29, 1.82) is 0 Å². The summed E-state index contributed by atoms with van der Waals surface area (Å²) in [5.41, 5.74) is 0.369. The van der Waals surface area contributed by atoms with Gasteiger partial charge in [-0.3, -0.25) is 48.2 Å². The quantitative estimate of drug-likeness (QED) is 0.0384. The molecule has 2 unspecified atom stereocenters. The third kappa shape index (κ3) is 19.4. The number of thiazole rings is 1. The number of Topliss-reactive ketones (excluding diaryl/α,β-unsaturated/α-hetero) is 2. The van der Waals surface area contributed by atoms with Crippen molar-refractivity contribution in [2.75, 3.05) is 31.7 Å². The second kappa shape index (κ2) is 27.6. The fraction of sp³-hybridized carbons (Fsp3) is 0.673. The van der Waals surface area contributed by atoms with Gasteiger partial charge in [0.25, 0.3) is 5.91 Å². The van der Waals surface area contributed by atoms with Crippen LogP contribution in [0.4, 0.5) is 5.69 Å². The van der Waals surface area contributed by atoms with E-state index in [2.05, 4.69) is 20.5 Å². The second-order valence-electron chi connectivity index (χ2n) is 19.6. The maximum Gasteiger partial charge on any atom is 0.524 e. The minimum atomic E-state index is -5.08. The Balaban J connectivity index is 1.88. The molecular formula is C49H76N5O13PS2. The number of anilines is 1. The van der Waals surface area contributed by atoms with Crippen LogP contribution in [-0.4, -0.2) is 120 Å². The summed E-state index contributed by atoms with van der Waals surface area (Å²) < 4.78 is 22.2. The zero-order chi connectivity index (χ0) is 52.7. The molecule has 1 aromatic heterocycles. The lowest BCUT2D eigenvalue weighted by molar-refractivity contribution is -0.149. The summed E-state index contributed by atoms with van der Waals surface area (Å²) in [6.45, 7) is 17.1. The number of ketones is 2. The minimum absolute atomic E-state index is 0.00891. The van der Waals surface area contributed by atoms with Crippen LogP contribution in [0.15, 0.2) is 23.6 Å². The van der Waals surface area contributed by atoms with E-state index < -0.39 is 66.3 Å². The number of likely N-dealkylation sites (N-methyl/N-ethyl adjacent to an activating group) is 1. The summed E-state index contributed by atoms with van der Waals surface area (Å²) >= 11 is 2.51. The van der Waals surface area contributed by atoms with Gasteiger partial charge in [0.15, 0.2) is 17.6 Å². The number of hydrogen-bond acceptors (Lipinski definition) is 14. The largest absolute Gasteiger partial charge is 0.524 e. The van der Waals surface area contributed by atoms with Crippen molar-refractivity contribution in [2.45, 2.75) is 162 Å². The number of nitrogens with zero attached hydrogens (tertiary/aromatic N) is 3. The zero-order valence-corrected chi connectivity index (χ0v) is 45.2. The Morgan fingerprint density at radius 2 is 1.74 bits per heavy atom. The van der Waals surface area contributed by atoms with Gasteiger partial charge >= 0.3 is 19.8 Å². The summed E-state index contributed by atoms with van der Waals surface area (Å²) in [6, 6.07) is 2.66. The normalized spacial score (nSPS) is 17.1. The molecular weight excluding hydrogens is 962 g/mol. The van der Waals surface area contributed by atoms with Crippen LogP contribution in [-0.2, 0) is 44.5 Å². The Morgan fingerprint density at radius 1 is 1.06 bits per heavy atom. The van der Waals surface area contributed by atoms with Gasteiger partial charge in [0.05, 0.1) is 23.4 Å². The highest BCUT2D eigenvalue weighted by Gasteiger charge is 2.38. The number of nitrogens with one attached hydrogen (secondary N) is 2. The van der Waals surface area contributed by atoms with Crippen LogP contribution in [0.2, 0.25) is 0 Å². The first-order chi connectivity index (χ1) is 32.6. The molecule has 1 aromatic carbocycles. The van der Waals surface area contributed by atoms with E-state index in [-0.39, 0.29) is 84.6 Å². The van der Waals surface area contributed by atoms with Crippen molar-refractivity contribution in [3.05, 3.63) is 39.8 Å². The third-order valence-corrected chi connectivity index (χ3v) is 15.8. The SMILES string of the molecule is CCC(=O)CSC(C)(C)CCC(=O)Nc1cc(C[C@@H](CC(C)C(=O)O)NC(=O)c2csc([C@@H](C[C@H](C(C)C)N(C)C(=O)[C@@H](CC(=O)C3CCCCN3C)[C@@H](C)CC)OC(C)=O)n2)ccc1OP(=O)(O)O. The highest BCUT2D eigenvalue weighted by Crippen LogP contribution is 2.42. The molecule has 1 fully saturated rings. The van der Waals surface area contributed by atoms with Crippen molar-refractivity contribution < 1.29 is 62.3 Å². The highest BCUT2D eigenvalue weighted by atomic mass is 32.2. The van der Waals surface area contributed by atoms with Gasteiger partial charge in [0.2, 0.25) is 11.8 Å². The maximum absolute atomic E-state index is 14.4. The molecule has 0 radical (unpaired) electrons. The number of carbonyl (C=O) groups excluding carboxylic acids is 6. The van der Waals surface area contributed by atoms with Gasteiger partial charge in [0, 0.05) is 67.8 Å². The Hall–Kier alpha value is -4.20. The molecule has 70 heavy (non-hydrogen) atoms. The van der Waals surface area contributed by atoms with Crippen LogP contribution in [0.5, 0.6) is 5.75 Å². The van der Waals surface area contributed by atoms with Gasteiger partial charge in [-0.25, -0.2) is 9.55 Å². The van der Waals surface area contributed by atoms with Crippen LogP contribution in [0.1, 0.15) is 154 Å². The topological polar surface area (TPSA) is 259 Å². The van der Waals surface area contributed by atoms with Gasteiger partial charge in [-0.1, -0.05) is 74.3 Å².